The Balaban J connectivity index is 2.21. The topological polar surface area (TPSA) is 94.5 Å². The molecule has 0 spiro atoms. The molecule has 3 rings (SSSR count). The zero-order chi connectivity index (χ0) is 14.8. The highest BCUT2D eigenvalue weighted by Crippen LogP contribution is 2.26. The van der Waals surface area contributed by atoms with Crippen LogP contribution in [0.1, 0.15) is 24.5 Å². The van der Waals surface area contributed by atoms with Gasteiger partial charge in [0, 0.05) is 10.9 Å². The summed E-state index contributed by atoms with van der Waals surface area (Å²) in [4.78, 5) is 4.66. The number of benzene rings is 1. The van der Waals surface area contributed by atoms with Crippen LogP contribution < -0.4 is 11.3 Å². The molecule has 108 valence electrons. The molecule has 2 heterocycles. The summed E-state index contributed by atoms with van der Waals surface area (Å²) in [5.74, 6) is 6.33. The molecular formula is C14H17N7. The van der Waals surface area contributed by atoms with Crippen LogP contribution in [0.5, 0.6) is 0 Å². The first-order valence-electron chi connectivity index (χ1n) is 6.87. The second-order valence-corrected chi connectivity index (χ2v) is 4.93. The third-order valence-corrected chi connectivity index (χ3v) is 3.54. The average Bonchev–Trinajstić information content (AvgIpc) is 3.01. The predicted octanol–water partition coefficient (Wildman–Crippen LogP) is 1.76. The van der Waals surface area contributed by atoms with E-state index in [-0.39, 0.29) is 0 Å². The summed E-state index contributed by atoms with van der Waals surface area (Å²) < 4.78 is 1.63. The predicted molar refractivity (Wildman–Crippen MR) is 81.0 cm³/mol. The Morgan fingerprint density at radius 1 is 1.33 bits per heavy atom. The average molecular weight is 283 g/mol. The van der Waals surface area contributed by atoms with E-state index in [1.165, 1.54) is 0 Å². The number of fused-ring (bicyclic) bond motifs is 1. The normalized spacial score (nSPS) is 11.0. The largest absolute Gasteiger partial charge is 0.308 e. The van der Waals surface area contributed by atoms with Gasteiger partial charge in [0.1, 0.15) is 12.1 Å². The summed E-state index contributed by atoms with van der Waals surface area (Å²) in [5, 5.41) is 12.4. The summed E-state index contributed by atoms with van der Waals surface area (Å²) >= 11 is 0. The van der Waals surface area contributed by atoms with Crippen LogP contribution in [0.4, 0.5) is 5.82 Å². The number of tetrazole rings is 1. The third kappa shape index (κ3) is 2.31. The molecule has 0 aliphatic carbocycles. The van der Waals surface area contributed by atoms with Crippen LogP contribution in [0.3, 0.4) is 0 Å². The molecule has 0 saturated heterocycles. The number of nitrogens with zero attached hydrogens (tertiary/aromatic N) is 5. The molecule has 0 aliphatic heterocycles. The molecule has 0 saturated carbocycles. The zero-order valence-electron chi connectivity index (χ0n) is 12.0. The molecule has 0 bridgehead atoms. The number of hydrazine groups is 1. The van der Waals surface area contributed by atoms with E-state index in [0.717, 1.165) is 46.4 Å². The molecule has 3 aromatic rings. The number of hydrogen-bond acceptors (Lipinski definition) is 6. The van der Waals surface area contributed by atoms with Gasteiger partial charge in [0.05, 0.1) is 11.2 Å². The maximum Gasteiger partial charge on any atom is 0.143 e. The molecule has 0 amide bonds. The van der Waals surface area contributed by atoms with Crippen molar-refractivity contribution in [3.05, 3.63) is 35.7 Å². The van der Waals surface area contributed by atoms with Crippen molar-refractivity contribution in [2.45, 2.75) is 26.7 Å². The van der Waals surface area contributed by atoms with Gasteiger partial charge in [-0.1, -0.05) is 19.4 Å². The Kier molecular flexibility index (Phi) is 3.49. The van der Waals surface area contributed by atoms with Gasteiger partial charge in [0.2, 0.25) is 0 Å². The lowest BCUT2D eigenvalue weighted by Crippen LogP contribution is -2.12. The zero-order valence-corrected chi connectivity index (χ0v) is 12.0. The van der Waals surface area contributed by atoms with Crippen molar-refractivity contribution >= 4 is 16.7 Å². The van der Waals surface area contributed by atoms with Crippen LogP contribution in [0, 0.1) is 6.92 Å². The summed E-state index contributed by atoms with van der Waals surface area (Å²) in [5.41, 5.74) is 6.64. The van der Waals surface area contributed by atoms with E-state index in [9.17, 15) is 0 Å². The fourth-order valence-corrected chi connectivity index (χ4v) is 2.52. The van der Waals surface area contributed by atoms with E-state index in [1.807, 2.05) is 19.1 Å². The quantitative estimate of drug-likeness (QED) is 0.559. The minimum Gasteiger partial charge on any atom is -0.308 e. The van der Waals surface area contributed by atoms with Gasteiger partial charge in [0.15, 0.2) is 0 Å². The number of pyridine rings is 1. The fraction of sp³-hybridized carbons (Fsp3) is 0.286. The van der Waals surface area contributed by atoms with E-state index in [1.54, 1.807) is 11.0 Å². The monoisotopic (exact) mass is 283 g/mol. The van der Waals surface area contributed by atoms with Crippen molar-refractivity contribution in [2.24, 2.45) is 5.84 Å². The molecule has 1 aromatic carbocycles. The van der Waals surface area contributed by atoms with E-state index in [2.05, 4.69) is 38.9 Å². The number of aromatic nitrogens is 5. The van der Waals surface area contributed by atoms with Crippen molar-refractivity contribution in [1.29, 1.82) is 0 Å². The standard InChI is InChI=1S/C14H17N7/c1-3-4-11-7-10-5-6-12(21-8-16-19-20-21)9(2)13(10)17-14(11)18-15/h5-8H,3-4,15H2,1-2H3,(H,17,18). The van der Waals surface area contributed by atoms with Crippen LogP contribution >= 0.6 is 0 Å². The van der Waals surface area contributed by atoms with Gasteiger partial charge in [-0.25, -0.2) is 15.5 Å². The first kappa shape index (κ1) is 13.4. The van der Waals surface area contributed by atoms with Crippen LogP contribution in [0.2, 0.25) is 0 Å². The Hall–Kier alpha value is -2.54. The summed E-state index contributed by atoms with van der Waals surface area (Å²) in [6.07, 6.45) is 3.56. The Morgan fingerprint density at radius 3 is 2.86 bits per heavy atom. The minimum absolute atomic E-state index is 0.723. The second kappa shape index (κ2) is 5.45. The highest BCUT2D eigenvalue weighted by atomic mass is 15.5. The van der Waals surface area contributed by atoms with E-state index in [4.69, 9.17) is 5.84 Å². The van der Waals surface area contributed by atoms with Crippen LogP contribution in [-0.2, 0) is 6.42 Å². The van der Waals surface area contributed by atoms with Gasteiger partial charge in [-0.15, -0.1) is 5.10 Å². The van der Waals surface area contributed by atoms with Crippen molar-refractivity contribution in [3.8, 4) is 5.69 Å². The van der Waals surface area contributed by atoms with Crippen molar-refractivity contribution < 1.29 is 0 Å². The van der Waals surface area contributed by atoms with E-state index < -0.39 is 0 Å². The van der Waals surface area contributed by atoms with Gasteiger partial charge in [-0.2, -0.15) is 0 Å². The lowest BCUT2D eigenvalue weighted by Gasteiger charge is -2.12. The molecule has 7 nitrogen and oxygen atoms in total. The molecule has 2 aromatic heterocycles. The summed E-state index contributed by atoms with van der Waals surface area (Å²) in [7, 11) is 0. The highest BCUT2D eigenvalue weighted by Gasteiger charge is 2.11. The van der Waals surface area contributed by atoms with Gasteiger partial charge in [0.25, 0.3) is 0 Å². The number of rotatable bonds is 4. The number of nitrogen functional groups attached to an aromatic ring is 1. The molecule has 3 N–H and O–H groups in total. The Bertz CT molecular complexity index is 765. The first-order chi connectivity index (χ1) is 10.2. The first-order valence-corrected chi connectivity index (χ1v) is 6.87. The second-order valence-electron chi connectivity index (χ2n) is 4.93. The lowest BCUT2D eigenvalue weighted by molar-refractivity contribution is 0.786. The third-order valence-electron chi connectivity index (χ3n) is 3.54. The molecule has 0 fully saturated rings. The highest BCUT2D eigenvalue weighted by molar-refractivity contribution is 5.87. The van der Waals surface area contributed by atoms with Crippen molar-refractivity contribution in [2.75, 3.05) is 5.43 Å². The Labute approximate surface area is 122 Å². The van der Waals surface area contributed by atoms with Crippen molar-refractivity contribution in [3.63, 3.8) is 0 Å². The fourth-order valence-electron chi connectivity index (χ4n) is 2.52. The number of anilines is 1. The molecule has 0 atom stereocenters. The number of hydrogen-bond donors (Lipinski definition) is 2. The maximum atomic E-state index is 5.60. The van der Waals surface area contributed by atoms with Gasteiger partial charge >= 0.3 is 0 Å². The van der Waals surface area contributed by atoms with Crippen LogP contribution in [0.25, 0.3) is 16.6 Å². The SMILES string of the molecule is CCCc1cc2ccc(-n3cnnn3)c(C)c2nc1NN. The van der Waals surface area contributed by atoms with Gasteiger partial charge in [-0.3, -0.25) is 0 Å². The van der Waals surface area contributed by atoms with Gasteiger partial charge < -0.3 is 5.43 Å². The number of aryl methyl sites for hydroxylation is 2. The number of nitrogens with one attached hydrogen (secondary N) is 1. The molecular weight excluding hydrogens is 266 g/mol. The molecule has 21 heavy (non-hydrogen) atoms. The van der Waals surface area contributed by atoms with Crippen LogP contribution in [-0.4, -0.2) is 25.2 Å². The number of nitrogens with two attached hydrogens (primary N) is 1. The van der Waals surface area contributed by atoms with Crippen LogP contribution in [0.15, 0.2) is 24.5 Å². The Morgan fingerprint density at radius 2 is 2.19 bits per heavy atom. The smallest absolute Gasteiger partial charge is 0.143 e. The minimum atomic E-state index is 0.723. The summed E-state index contributed by atoms with van der Waals surface area (Å²) in [6.45, 7) is 4.14. The van der Waals surface area contributed by atoms with E-state index in [0.29, 0.717) is 0 Å². The molecule has 7 heteroatoms. The molecule has 0 radical (unpaired) electrons. The van der Waals surface area contributed by atoms with E-state index >= 15 is 0 Å². The lowest BCUT2D eigenvalue weighted by atomic mass is 10.0. The van der Waals surface area contributed by atoms with Crippen molar-refractivity contribution in [1.82, 2.24) is 25.2 Å². The maximum absolute atomic E-state index is 5.60. The molecule has 0 aliphatic rings. The van der Waals surface area contributed by atoms with Gasteiger partial charge in [-0.05, 0) is 41.5 Å². The summed E-state index contributed by atoms with van der Waals surface area (Å²) in [6, 6.07) is 6.17. The molecule has 0 unspecified atom stereocenters.